The van der Waals surface area contributed by atoms with E-state index < -0.39 is 0 Å². The van der Waals surface area contributed by atoms with Crippen LogP contribution in [0.1, 0.15) is 42.6 Å². The predicted molar refractivity (Wildman–Crippen MR) is 103 cm³/mol. The van der Waals surface area contributed by atoms with Crippen LogP contribution in [0.5, 0.6) is 5.75 Å². The Morgan fingerprint density at radius 1 is 1.12 bits per heavy atom. The third kappa shape index (κ3) is 5.48. The van der Waals surface area contributed by atoms with Gasteiger partial charge in [-0.3, -0.25) is 4.79 Å². The molecule has 4 nitrogen and oxygen atoms in total. The van der Waals surface area contributed by atoms with Crippen LogP contribution in [0.15, 0.2) is 47.6 Å². The smallest absolute Gasteiger partial charge is 0.272 e. The first-order valence-electron chi connectivity index (χ1n) is 8.10. The lowest BCUT2D eigenvalue weighted by atomic mass is 10.1. The van der Waals surface area contributed by atoms with Gasteiger partial charge in [0.1, 0.15) is 5.75 Å². The van der Waals surface area contributed by atoms with Crippen molar-refractivity contribution in [3.8, 4) is 5.75 Å². The normalized spacial score (nSPS) is 11.3. The van der Waals surface area contributed by atoms with Crippen molar-refractivity contribution in [3.05, 3.63) is 63.6 Å². The Morgan fingerprint density at radius 2 is 1.84 bits per heavy atom. The highest BCUT2D eigenvalue weighted by atomic mass is 35.5. The topological polar surface area (TPSA) is 50.7 Å². The van der Waals surface area contributed by atoms with Crippen LogP contribution in [0.3, 0.4) is 0 Å². The molecular weight excluding hydrogens is 359 g/mol. The van der Waals surface area contributed by atoms with Crippen LogP contribution in [-0.2, 0) is 0 Å². The summed E-state index contributed by atoms with van der Waals surface area (Å²) in [5.41, 5.74) is 4.64. The van der Waals surface area contributed by atoms with Crippen molar-refractivity contribution in [2.45, 2.75) is 26.7 Å². The molecule has 0 saturated heterocycles. The number of hydrazone groups is 1. The molecule has 0 bridgehead atoms. The van der Waals surface area contributed by atoms with Gasteiger partial charge in [0.05, 0.1) is 22.9 Å². The fourth-order valence-electron chi connectivity index (χ4n) is 2.26. The van der Waals surface area contributed by atoms with Crippen molar-refractivity contribution in [2.24, 2.45) is 5.10 Å². The van der Waals surface area contributed by atoms with Gasteiger partial charge < -0.3 is 4.74 Å². The molecule has 1 N–H and O–H groups in total. The molecule has 2 aromatic rings. The maximum absolute atomic E-state index is 12.3. The van der Waals surface area contributed by atoms with Crippen LogP contribution in [0.4, 0.5) is 0 Å². The zero-order valence-electron chi connectivity index (χ0n) is 14.2. The first-order chi connectivity index (χ1) is 12.0. The van der Waals surface area contributed by atoms with Gasteiger partial charge in [0.15, 0.2) is 0 Å². The van der Waals surface area contributed by atoms with Gasteiger partial charge in [0, 0.05) is 5.02 Å². The Hall–Kier alpha value is -2.04. The number of nitrogens with one attached hydrogen (secondary N) is 1. The van der Waals surface area contributed by atoms with Gasteiger partial charge in [-0.2, -0.15) is 5.10 Å². The van der Waals surface area contributed by atoms with E-state index in [1.54, 1.807) is 12.1 Å². The Kier molecular flexibility index (Phi) is 7.29. The lowest BCUT2D eigenvalue weighted by Gasteiger charge is -2.09. The van der Waals surface area contributed by atoms with Gasteiger partial charge in [-0.15, -0.1) is 0 Å². The van der Waals surface area contributed by atoms with Crippen molar-refractivity contribution in [3.63, 3.8) is 0 Å². The summed E-state index contributed by atoms with van der Waals surface area (Å²) in [5.74, 6) is 0.431. The summed E-state index contributed by atoms with van der Waals surface area (Å²) in [4.78, 5) is 12.3. The molecule has 0 heterocycles. The molecular formula is C19H20Cl2N2O2. The first-order valence-corrected chi connectivity index (χ1v) is 8.86. The minimum atomic E-state index is -0.374. The van der Waals surface area contributed by atoms with Gasteiger partial charge in [-0.1, -0.05) is 36.5 Å². The Balaban J connectivity index is 2.17. The standard InChI is InChI=1S/C19H20Cl2N2O2/c1-3-5-18(13-6-9-15(10-7-13)25-4-2)22-23-19(24)16-11-8-14(20)12-17(16)21/h6-12H,3-5H2,1-2H3,(H,23,24)/b22-18-. The molecule has 0 aliphatic carbocycles. The third-order valence-electron chi connectivity index (χ3n) is 3.45. The van der Waals surface area contributed by atoms with E-state index in [2.05, 4.69) is 17.5 Å². The highest BCUT2D eigenvalue weighted by Crippen LogP contribution is 2.21. The van der Waals surface area contributed by atoms with E-state index in [-0.39, 0.29) is 5.91 Å². The van der Waals surface area contributed by atoms with Crippen LogP contribution in [0.2, 0.25) is 10.0 Å². The molecule has 2 aromatic carbocycles. The highest BCUT2D eigenvalue weighted by molar-refractivity contribution is 6.36. The van der Waals surface area contributed by atoms with E-state index in [1.165, 1.54) is 6.07 Å². The number of benzene rings is 2. The van der Waals surface area contributed by atoms with E-state index in [4.69, 9.17) is 27.9 Å². The fourth-order valence-corrected chi connectivity index (χ4v) is 2.76. The van der Waals surface area contributed by atoms with Crippen molar-refractivity contribution < 1.29 is 9.53 Å². The molecule has 0 unspecified atom stereocenters. The Morgan fingerprint density at radius 3 is 2.44 bits per heavy atom. The summed E-state index contributed by atoms with van der Waals surface area (Å²) in [6.07, 6.45) is 1.65. The van der Waals surface area contributed by atoms with Gasteiger partial charge in [0.2, 0.25) is 0 Å². The SMILES string of the molecule is CCC/C(=N/NC(=O)c1ccc(Cl)cc1Cl)c1ccc(OCC)cc1. The molecule has 132 valence electrons. The van der Waals surface area contributed by atoms with Gasteiger partial charge >= 0.3 is 0 Å². The first kappa shape index (κ1) is 19.3. The molecule has 1 amide bonds. The number of hydrogen-bond donors (Lipinski definition) is 1. The van der Waals surface area contributed by atoms with Gasteiger partial charge in [-0.25, -0.2) is 5.43 Å². The van der Waals surface area contributed by atoms with Crippen molar-refractivity contribution in [1.29, 1.82) is 0 Å². The molecule has 0 aromatic heterocycles. The minimum Gasteiger partial charge on any atom is -0.494 e. The monoisotopic (exact) mass is 378 g/mol. The summed E-state index contributed by atoms with van der Waals surface area (Å²) in [5, 5.41) is 5.05. The van der Waals surface area contributed by atoms with Crippen LogP contribution in [0.25, 0.3) is 0 Å². The molecule has 0 saturated carbocycles. The maximum atomic E-state index is 12.3. The molecule has 0 aliphatic heterocycles. The van der Waals surface area contributed by atoms with Crippen molar-refractivity contribution >= 4 is 34.8 Å². The summed E-state index contributed by atoms with van der Waals surface area (Å²) in [7, 11) is 0. The second-order valence-corrected chi connectivity index (χ2v) is 6.17. The lowest BCUT2D eigenvalue weighted by molar-refractivity contribution is 0.0955. The molecule has 25 heavy (non-hydrogen) atoms. The quantitative estimate of drug-likeness (QED) is 0.522. The summed E-state index contributed by atoms with van der Waals surface area (Å²) < 4.78 is 5.44. The van der Waals surface area contributed by atoms with Crippen LogP contribution in [0, 0.1) is 0 Å². The van der Waals surface area contributed by atoms with E-state index in [9.17, 15) is 4.79 Å². The van der Waals surface area contributed by atoms with E-state index in [0.29, 0.717) is 22.2 Å². The number of halogens is 2. The number of ether oxygens (including phenoxy) is 1. The van der Waals surface area contributed by atoms with Crippen LogP contribution >= 0.6 is 23.2 Å². The fraction of sp³-hybridized carbons (Fsp3) is 0.263. The minimum absolute atomic E-state index is 0.290. The molecule has 6 heteroatoms. The number of nitrogens with zero attached hydrogens (tertiary/aromatic N) is 1. The predicted octanol–water partition coefficient (Wildman–Crippen LogP) is 5.33. The Bertz CT molecular complexity index is 759. The van der Waals surface area contributed by atoms with Gasteiger partial charge in [0.25, 0.3) is 5.91 Å². The summed E-state index contributed by atoms with van der Waals surface area (Å²) in [6, 6.07) is 12.4. The highest BCUT2D eigenvalue weighted by Gasteiger charge is 2.11. The average molecular weight is 379 g/mol. The second kappa shape index (κ2) is 9.44. The van der Waals surface area contributed by atoms with Gasteiger partial charge in [-0.05, 0) is 61.4 Å². The zero-order valence-corrected chi connectivity index (χ0v) is 15.7. The molecule has 0 fully saturated rings. The summed E-state index contributed by atoms with van der Waals surface area (Å²) >= 11 is 11.9. The van der Waals surface area contributed by atoms with Crippen LogP contribution in [-0.4, -0.2) is 18.2 Å². The van der Waals surface area contributed by atoms with E-state index in [0.717, 1.165) is 29.9 Å². The largest absolute Gasteiger partial charge is 0.494 e. The zero-order chi connectivity index (χ0) is 18.2. The third-order valence-corrected chi connectivity index (χ3v) is 4.00. The maximum Gasteiger partial charge on any atom is 0.272 e. The van der Waals surface area contributed by atoms with Crippen molar-refractivity contribution in [1.82, 2.24) is 5.43 Å². The number of amides is 1. The number of carbonyl (C=O) groups is 1. The lowest BCUT2D eigenvalue weighted by Crippen LogP contribution is -2.20. The molecule has 0 atom stereocenters. The van der Waals surface area contributed by atoms with Crippen LogP contribution < -0.4 is 10.2 Å². The molecule has 0 spiro atoms. The summed E-state index contributed by atoms with van der Waals surface area (Å²) in [6.45, 7) is 4.62. The molecule has 2 rings (SSSR count). The van der Waals surface area contributed by atoms with E-state index >= 15 is 0 Å². The second-order valence-electron chi connectivity index (χ2n) is 5.33. The molecule has 0 radical (unpaired) electrons. The number of hydrogen-bond acceptors (Lipinski definition) is 3. The number of carbonyl (C=O) groups excluding carboxylic acids is 1. The van der Waals surface area contributed by atoms with E-state index in [1.807, 2.05) is 31.2 Å². The molecule has 0 aliphatic rings. The Labute approximate surface area is 157 Å². The van der Waals surface area contributed by atoms with Crippen molar-refractivity contribution in [2.75, 3.05) is 6.61 Å². The average Bonchev–Trinajstić information content (AvgIpc) is 2.59. The number of rotatable bonds is 7.